The minimum Gasteiger partial charge on any atom is -0.481 e. The number of nitrogens with zero attached hydrogens (tertiary/aromatic N) is 1. The van der Waals surface area contributed by atoms with Crippen LogP contribution in [0.15, 0.2) is 24.3 Å². The zero-order valence-electron chi connectivity index (χ0n) is 9.39. The standard InChI is InChI=1S/C13H14N2O2/c16-13(17)9-5-3-4-8(9)12-14-10-6-1-2-7-11(10)15-12/h1-2,6-9H,3-5H2,(H,14,15)(H,16,17). The van der Waals surface area contributed by atoms with Crippen LogP contribution in [0.4, 0.5) is 0 Å². The second-order valence-corrected chi connectivity index (χ2v) is 4.62. The number of nitrogens with one attached hydrogen (secondary N) is 1. The highest BCUT2D eigenvalue weighted by Gasteiger charge is 2.35. The van der Waals surface area contributed by atoms with E-state index in [-0.39, 0.29) is 11.8 Å². The van der Waals surface area contributed by atoms with Crippen molar-refractivity contribution in [2.75, 3.05) is 0 Å². The van der Waals surface area contributed by atoms with E-state index in [1.807, 2.05) is 24.3 Å². The predicted octanol–water partition coefficient (Wildman–Crippen LogP) is 2.53. The molecule has 2 unspecified atom stereocenters. The van der Waals surface area contributed by atoms with Crippen molar-refractivity contribution in [3.05, 3.63) is 30.1 Å². The van der Waals surface area contributed by atoms with Crippen LogP contribution in [0.3, 0.4) is 0 Å². The molecule has 0 amide bonds. The molecular weight excluding hydrogens is 216 g/mol. The molecule has 0 saturated heterocycles. The molecule has 2 N–H and O–H groups in total. The molecule has 17 heavy (non-hydrogen) atoms. The van der Waals surface area contributed by atoms with Gasteiger partial charge in [-0.1, -0.05) is 18.6 Å². The molecule has 2 atom stereocenters. The summed E-state index contributed by atoms with van der Waals surface area (Å²) in [4.78, 5) is 18.9. The first-order chi connectivity index (χ1) is 8.25. The largest absolute Gasteiger partial charge is 0.481 e. The molecule has 1 aromatic heterocycles. The Morgan fingerprint density at radius 3 is 2.94 bits per heavy atom. The van der Waals surface area contributed by atoms with Gasteiger partial charge >= 0.3 is 5.97 Å². The summed E-state index contributed by atoms with van der Waals surface area (Å²) < 4.78 is 0. The number of aromatic nitrogens is 2. The maximum absolute atomic E-state index is 11.2. The highest BCUT2D eigenvalue weighted by molar-refractivity contribution is 5.76. The topological polar surface area (TPSA) is 66.0 Å². The highest BCUT2D eigenvalue weighted by atomic mass is 16.4. The molecule has 3 rings (SSSR count). The number of carbonyl (C=O) groups is 1. The SMILES string of the molecule is O=C(O)C1CCCC1c1nc2ccccc2[nH]1. The minimum atomic E-state index is -0.701. The van der Waals surface area contributed by atoms with Gasteiger partial charge in [0.25, 0.3) is 0 Å². The van der Waals surface area contributed by atoms with Crippen molar-refractivity contribution in [1.82, 2.24) is 9.97 Å². The Morgan fingerprint density at radius 2 is 2.18 bits per heavy atom. The van der Waals surface area contributed by atoms with Crippen LogP contribution in [0.1, 0.15) is 31.0 Å². The zero-order chi connectivity index (χ0) is 11.8. The third-order valence-corrected chi connectivity index (χ3v) is 3.59. The van der Waals surface area contributed by atoms with Crippen molar-refractivity contribution >= 4 is 17.0 Å². The molecule has 4 heteroatoms. The summed E-state index contributed by atoms with van der Waals surface area (Å²) in [5.74, 6) is -0.112. The van der Waals surface area contributed by atoms with E-state index in [1.165, 1.54) is 0 Å². The quantitative estimate of drug-likeness (QED) is 0.833. The van der Waals surface area contributed by atoms with Crippen LogP contribution in [0.2, 0.25) is 0 Å². The van der Waals surface area contributed by atoms with Gasteiger partial charge in [0.1, 0.15) is 5.82 Å². The van der Waals surface area contributed by atoms with Crippen LogP contribution in [-0.4, -0.2) is 21.0 Å². The number of H-pyrrole nitrogens is 1. The van der Waals surface area contributed by atoms with Crippen LogP contribution in [0.25, 0.3) is 11.0 Å². The van der Waals surface area contributed by atoms with Crippen LogP contribution >= 0.6 is 0 Å². The van der Waals surface area contributed by atoms with Crippen molar-refractivity contribution in [1.29, 1.82) is 0 Å². The highest BCUT2D eigenvalue weighted by Crippen LogP contribution is 2.38. The van der Waals surface area contributed by atoms with Gasteiger partial charge in [-0.2, -0.15) is 0 Å². The maximum atomic E-state index is 11.2. The molecule has 1 aromatic carbocycles. The van der Waals surface area contributed by atoms with Gasteiger partial charge in [-0.3, -0.25) is 4.79 Å². The Balaban J connectivity index is 2.00. The van der Waals surface area contributed by atoms with Crippen molar-refractivity contribution in [3.63, 3.8) is 0 Å². The van der Waals surface area contributed by atoms with Crippen molar-refractivity contribution < 1.29 is 9.90 Å². The molecule has 1 aliphatic rings. The van der Waals surface area contributed by atoms with Gasteiger partial charge in [0.05, 0.1) is 17.0 Å². The Morgan fingerprint density at radius 1 is 1.35 bits per heavy atom. The fourth-order valence-electron chi connectivity index (χ4n) is 2.73. The van der Waals surface area contributed by atoms with Crippen molar-refractivity contribution in [2.45, 2.75) is 25.2 Å². The van der Waals surface area contributed by atoms with E-state index in [9.17, 15) is 9.90 Å². The molecule has 1 fully saturated rings. The summed E-state index contributed by atoms with van der Waals surface area (Å²) in [7, 11) is 0. The van der Waals surface area contributed by atoms with Gasteiger partial charge < -0.3 is 10.1 Å². The minimum absolute atomic E-state index is 0.0416. The van der Waals surface area contributed by atoms with Gasteiger partial charge in [0, 0.05) is 5.92 Å². The first kappa shape index (κ1) is 10.3. The molecule has 0 bridgehead atoms. The van der Waals surface area contributed by atoms with Gasteiger partial charge in [0.15, 0.2) is 0 Å². The van der Waals surface area contributed by atoms with E-state index >= 15 is 0 Å². The number of imidazole rings is 1. The lowest BCUT2D eigenvalue weighted by Gasteiger charge is -2.12. The van der Waals surface area contributed by atoms with Gasteiger partial charge in [-0.15, -0.1) is 0 Å². The number of fused-ring (bicyclic) bond motifs is 1. The van der Waals surface area contributed by atoms with Gasteiger partial charge in [-0.25, -0.2) is 4.98 Å². The van der Waals surface area contributed by atoms with E-state index in [0.717, 1.165) is 36.1 Å². The molecule has 4 nitrogen and oxygen atoms in total. The third kappa shape index (κ3) is 1.69. The summed E-state index contributed by atoms with van der Waals surface area (Å²) in [6, 6.07) is 7.81. The molecule has 88 valence electrons. The third-order valence-electron chi connectivity index (χ3n) is 3.59. The average molecular weight is 230 g/mol. The fraction of sp³-hybridized carbons (Fsp3) is 0.385. The molecule has 0 aliphatic heterocycles. The summed E-state index contributed by atoms with van der Waals surface area (Å²) in [6.07, 6.45) is 2.65. The van der Waals surface area contributed by atoms with E-state index in [4.69, 9.17) is 0 Å². The van der Waals surface area contributed by atoms with E-state index in [2.05, 4.69) is 9.97 Å². The second-order valence-electron chi connectivity index (χ2n) is 4.62. The Kier molecular flexibility index (Phi) is 2.35. The number of rotatable bonds is 2. The van der Waals surface area contributed by atoms with E-state index in [1.54, 1.807) is 0 Å². The summed E-state index contributed by atoms with van der Waals surface area (Å²) in [5.41, 5.74) is 1.90. The second kappa shape index (κ2) is 3.87. The first-order valence-corrected chi connectivity index (χ1v) is 5.93. The van der Waals surface area contributed by atoms with E-state index < -0.39 is 5.97 Å². The first-order valence-electron chi connectivity index (χ1n) is 5.93. The van der Waals surface area contributed by atoms with E-state index in [0.29, 0.717) is 0 Å². The lowest BCUT2D eigenvalue weighted by molar-refractivity contribution is -0.142. The number of hydrogen-bond donors (Lipinski definition) is 2. The number of hydrogen-bond acceptors (Lipinski definition) is 2. The summed E-state index contributed by atoms with van der Waals surface area (Å²) in [5, 5.41) is 9.18. The monoisotopic (exact) mass is 230 g/mol. The molecule has 1 heterocycles. The predicted molar refractivity (Wildman–Crippen MR) is 63.8 cm³/mol. The van der Waals surface area contributed by atoms with Crippen LogP contribution in [0, 0.1) is 5.92 Å². The smallest absolute Gasteiger partial charge is 0.307 e. The number of aliphatic carboxylic acids is 1. The molecule has 1 saturated carbocycles. The number of para-hydroxylation sites is 2. The average Bonchev–Trinajstić information content (AvgIpc) is 2.95. The summed E-state index contributed by atoms with van der Waals surface area (Å²) >= 11 is 0. The maximum Gasteiger partial charge on any atom is 0.307 e. The normalized spacial score (nSPS) is 24.2. The molecular formula is C13H14N2O2. The molecule has 2 aromatic rings. The lowest BCUT2D eigenvalue weighted by Crippen LogP contribution is -2.17. The van der Waals surface area contributed by atoms with Gasteiger partial charge in [0.2, 0.25) is 0 Å². The molecule has 1 aliphatic carbocycles. The number of aromatic amines is 1. The number of carboxylic acids is 1. The number of carboxylic acid groups (broad SMARTS) is 1. The molecule has 0 spiro atoms. The number of benzene rings is 1. The Bertz CT molecular complexity index is 528. The Hall–Kier alpha value is -1.84. The van der Waals surface area contributed by atoms with Crippen molar-refractivity contribution in [3.8, 4) is 0 Å². The fourth-order valence-corrected chi connectivity index (χ4v) is 2.73. The van der Waals surface area contributed by atoms with Gasteiger partial charge in [-0.05, 0) is 25.0 Å². The zero-order valence-corrected chi connectivity index (χ0v) is 9.39. The lowest BCUT2D eigenvalue weighted by atomic mass is 9.96. The van der Waals surface area contributed by atoms with Crippen LogP contribution in [-0.2, 0) is 4.79 Å². The Labute approximate surface area is 98.7 Å². The van der Waals surface area contributed by atoms with Crippen LogP contribution < -0.4 is 0 Å². The van der Waals surface area contributed by atoms with Crippen LogP contribution in [0.5, 0.6) is 0 Å². The van der Waals surface area contributed by atoms with Crippen molar-refractivity contribution in [2.24, 2.45) is 5.92 Å². The summed E-state index contributed by atoms with van der Waals surface area (Å²) in [6.45, 7) is 0. The molecule has 0 radical (unpaired) electrons.